The summed E-state index contributed by atoms with van der Waals surface area (Å²) in [5, 5.41) is 1.77. The second kappa shape index (κ2) is 9.21. The van der Waals surface area contributed by atoms with Gasteiger partial charge in [-0.15, -0.1) is 0 Å². The van der Waals surface area contributed by atoms with Crippen molar-refractivity contribution in [2.24, 2.45) is 5.73 Å². The van der Waals surface area contributed by atoms with Crippen LogP contribution in [0.15, 0.2) is 24.3 Å². The molecule has 0 fully saturated rings. The predicted molar refractivity (Wildman–Crippen MR) is 81.9 cm³/mol. The van der Waals surface area contributed by atoms with E-state index in [0.29, 0.717) is 5.56 Å². The summed E-state index contributed by atoms with van der Waals surface area (Å²) >= 11 is 0. The van der Waals surface area contributed by atoms with Crippen molar-refractivity contribution in [3.05, 3.63) is 29.8 Å². The van der Waals surface area contributed by atoms with Gasteiger partial charge in [-0.05, 0) is 30.7 Å². The molecule has 8 nitrogen and oxygen atoms in total. The number of esters is 1. The molecule has 0 heterocycles. The highest BCUT2D eigenvalue weighted by Gasteiger charge is 2.17. The van der Waals surface area contributed by atoms with E-state index >= 15 is 0 Å². The molecule has 1 atom stereocenters. The first-order chi connectivity index (χ1) is 11.7. The van der Waals surface area contributed by atoms with E-state index in [-0.39, 0.29) is 11.5 Å². The standard InChI is InChI=1S/C15H16F2N2O6/c1-8(13(21)19-15(18)22)24-12(20)6-4-9-3-5-10(25-14(16)17)11(7-9)23-2/h3-8,14H,1-2H3,(H3,18,19,21,22). The third-order valence-electron chi connectivity index (χ3n) is 2.72. The Bertz CT molecular complexity index is 678. The zero-order valence-corrected chi connectivity index (χ0v) is 13.3. The highest BCUT2D eigenvalue weighted by molar-refractivity contribution is 5.97. The van der Waals surface area contributed by atoms with Gasteiger partial charge in [0.1, 0.15) is 0 Å². The summed E-state index contributed by atoms with van der Waals surface area (Å²) in [6, 6.07) is 2.96. The molecule has 0 aromatic heterocycles. The smallest absolute Gasteiger partial charge is 0.387 e. The zero-order valence-electron chi connectivity index (χ0n) is 13.3. The first-order valence-corrected chi connectivity index (χ1v) is 6.84. The van der Waals surface area contributed by atoms with E-state index in [2.05, 4.69) is 4.74 Å². The number of rotatable bonds is 7. The molecule has 1 aromatic carbocycles. The fraction of sp³-hybridized carbons (Fsp3) is 0.267. The quantitative estimate of drug-likeness (QED) is 0.563. The molecule has 3 N–H and O–H groups in total. The molecule has 136 valence electrons. The summed E-state index contributed by atoms with van der Waals surface area (Å²) in [7, 11) is 1.27. The molecular weight excluding hydrogens is 342 g/mol. The molecule has 1 unspecified atom stereocenters. The lowest BCUT2D eigenvalue weighted by atomic mass is 10.2. The molecule has 0 radical (unpaired) electrons. The number of methoxy groups -OCH3 is 1. The van der Waals surface area contributed by atoms with E-state index in [0.717, 1.165) is 6.08 Å². The van der Waals surface area contributed by atoms with Gasteiger partial charge in [0.2, 0.25) is 0 Å². The van der Waals surface area contributed by atoms with Crippen molar-refractivity contribution in [2.75, 3.05) is 7.11 Å². The first kappa shape index (κ1) is 19.9. The maximum Gasteiger partial charge on any atom is 0.387 e. The van der Waals surface area contributed by atoms with Crippen LogP contribution in [0, 0.1) is 0 Å². The molecule has 0 aliphatic carbocycles. The third kappa shape index (κ3) is 6.85. The number of carbonyl (C=O) groups is 3. The van der Waals surface area contributed by atoms with Crippen LogP contribution in [0.3, 0.4) is 0 Å². The molecule has 1 rings (SSSR count). The van der Waals surface area contributed by atoms with Crippen molar-refractivity contribution in [1.29, 1.82) is 0 Å². The summed E-state index contributed by atoms with van der Waals surface area (Å²) in [4.78, 5) is 33.5. The maximum absolute atomic E-state index is 12.2. The highest BCUT2D eigenvalue weighted by atomic mass is 19.3. The van der Waals surface area contributed by atoms with Gasteiger partial charge in [0.05, 0.1) is 7.11 Å². The van der Waals surface area contributed by atoms with Crippen LogP contribution in [0.5, 0.6) is 11.5 Å². The fourth-order valence-electron chi connectivity index (χ4n) is 1.64. The Labute approximate surface area is 141 Å². The lowest BCUT2D eigenvalue weighted by Gasteiger charge is -2.11. The minimum atomic E-state index is -3.00. The van der Waals surface area contributed by atoms with Gasteiger partial charge in [-0.2, -0.15) is 8.78 Å². The number of ether oxygens (including phenoxy) is 3. The Morgan fingerprint density at radius 2 is 1.92 bits per heavy atom. The Morgan fingerprint density at radius 1 is 1.24 bits per heavy atom. The minimum Gasteiger partial charge on any atom is -0.493 e. The number of benzene rings is 1. The van der Waals surface area contributed by atoms with Crippen LogP contribution in [0.4, 0.5) is 13.6 Å². The van der Waals surface area contributed by atoms with E-state index < -0.39 is 30.6 Å². The van der Waals surface area contributed by atoms with Gasteiger partial charge in [-0.1, -0.05) is 6.07 Å². The van der Waals surface area contributed by atoms with Crippen LogP contribution in [-0.4, -0.2) is 37.7 Å². The Morgan fingerprint density at radius 3 is 2.48 bits per heavy atom. The number of halogens is 2. The fourth-order valence-corrected chi connectivity index (χ4v) is 1.64. The van der Waals surface area contributed by atoms with Gasteiger partial charge < -0.3 is 19.9 Å². The van der Waals surface area contributed by atoms with Crippen molar-refractivity contribution < 1.29 is 37.4 Å². The van der Waals surface area contributed by atoms with Gasteiger partial charge >= 0.3 is 18.6 Å². The topological polar surface area (TPSA) is 117 Å². The van der Waals surface area contributed by atoms with Crippen LogP contribution in [0.1, 0.15) is 12.5 Å². The molecule has 0 aliphatic rings. The molecule has 3 amide bonds. The van der Waals surface area contributed by atoms with Crippen LogP contribution >= 0.6 is 0 Å². The number of imide groups is 1. The van der Waals surface area contributed by atoms with E-state index in [1.165, 1.54) is 38.3 Å². The molecule has 0 saturated carbocycles. The average Bonchev–Trinajstić information content (AvgIpc) is 2.52. The molecule has 25 heavy (non-hydrogen) atoms. The third-order valence-corrected chi connectivity index (χ3v) is 2.72. The van der Waals surface area contributed by atoms with Crippen molar-refractivity contribution in [1.82, 2.24) is 5.32 Å². The molecule has 0 saturated heterocycles. The second-order valence-electron chi connectivity index (χ2n) is 4.55. The van der Waals surface area contributed by atoms with Gasteiger partial charge in [-0.25, -0.2) is 9.59 Å². The lowest BCUT2D eigenvalue weighted by molar-refractivity contribution is -0.149. The van der Waals surface area contributed by atoms with Crippen LogP contribution in [0.25, 0.3) is 6.08 Å². The van der Waals surface area contributed by atoms with E-state index in [1.807, 2.05) is 0 Å². The number of carbonyl (C=O) groups excluding carboxylic acids is 3. The number of hydrogen-bond donors (Lipinski definition) is 2. The maximum atomic E-state index is 12.2. The zero-order chi connectivity index (χ0) is 19.0. The Balaban J connectivity index is 2.72. The average molecular weight is 358 g/mol. The number of nitrogens with two attached hydrogens (primary N) is 1. The summed E-state index contributed by atoms with van der Waals surface area (Å²) in [6.45, 7) is -1.75. The number of urea groups is 1. The van der Waals surface area contributed by atoms with E-state index in [9.17, 15) is 23.2 Å². The molecular formula is C15H16F2N2O6. The number of primary amides is 1. The summed E-state index contributed by atoms with van der Waals surface area (Å²) in [5.74, 6) is -1.84. The summed E-state index contributed by atoms with van der Waals surface area (Å²) in [5.41, 5.74) is 5.21. The van der Waals surface area contributed by atoms with Crippen molar-refractivity contribution in [3.63, 3.8) is 0 Å². The molecule has 0 spiro atoms. The number of nitrogens with one attached hydrogen (secondary N) is 1. The van der Waals surface area contributed by atoms with Gasteiger partial charge in [0.15, 0.2) is 17.6 Å². The van der Waals surface area contributed by atoms with Crippen molar-refractivity contribution in [2.45, 2.75) is 19.6 Å². The number of alkyl halides is 2. The lowest BCUT2D eigenvalue weighted by Crippen LogP contribution is -2.42. The Hall–Kier alpha value is -3.17. The molecule has 1 aromatic rings. The summed E-state index contributed by atoms with van der Waals surface area (Å²) < 4.78 is 38.4. The van der Waals surface area contributed by atoms with Crippen molar-refractivity contribution in [3.8, 4) is 11.5 Å². The molecule has 10 heteroatoms. The summed E-state index contributed by atoms with van der Waals surface area (Å²) in [6.07, 6.45) is 1.09. The Kier molecular flexibility index (Phi) is 7.32. The first-order valence-electron chi connectivity index (χ1n) is 6.84. The molecule has 0 bridgehead atoms. The number of hydrogen-bond acceptors (Lipinski definition) is 6. The van der Waals surface area contributed by atoms with Crippen LogP contribution in [-0.2, 0) is 14.3 Å². The monoisotopic (exact) mass is 358 g/mol. The predicted octanol–water partition coefficient (Wildman–Crippen LogP) is 1.44. The minimum absolute atomic E-state index is 0.0463. The normalized spacial score (nSPS) is 11.9. The van der Waals surface area contributed by atoms with Crippen molar-refractivity contribution >= 4 is 24.0 Å². The van der Waals surface area contributed by atoms with Crippen LogP contribution in [0.2, 0.25) is 0 Å². The molecule has 0 aliphatic heterocycles. The van der Waals surface area contributed by atoms with E-state index in [4.69, 9.17) is 15.2 Å². The second-order valence-corrected chi connectivity index (χ2v) is 4.55. The highest BCUT2D eigenvalue weighted by Crippen LogP contribution is 2.29. The van der Waals surface area contributed by atoms with Gasteiger partial charge in [0.25, 0.3) is 5.91 Å². The van der Waals surface area contributed by atoms with Gasteiger partial charge in [0, 0.05) is 6.08 Å². The van der Waals surface area contributed by atoms with Crippen LogP contribution < -0.4 is 20.5 Å². The van der Waals surface area contributed by atoms with E-state index in [1.54, 1.807) is 5.32 Å². The SMILES string of the molecule is COc1cc(C=CC(=O)OC(C)C(=O)NC(N)=O)ccc1OC(F)F. The van der Waals surface area contributed by atoms with Gasteiger partial charge in [-0.3, -0.25) is 10.1 Å². The number of amides is 3. The largest absolute Gasteiger partial charge is 0.493 e.